The first-order valence-corrected chi connectivity index (χ1v) is 8.55. The first-order chi connectivity index (χ1) is 11.3. The standard InChI is InChI=1S/C18H29N3O2/c1-4-11-20-18(19-2)21-13-14-9-10-16(22-3)17(12-14)23-15-7-5-6-8-15/h9-10,12,15H,4-8,11,13H2,1-3H3,(H2,19,20,21). The second kappa shape index (κ2) is 9.28. The van der Waals surface area contributed by atoms with Crippen molar-refractivity contribution in [1.82, 2.24) is 10.6 Å². The maximum absolute atomic E-state index is 6.14. The van der Waals surface area contributed by atoms with Gasteiger partial charge in [-0.3, -0.25) is 4.99 Å². The highest BCUT2D eigenvalue weighted by molar-refractivity contribution is 5.79. The van der Waals surface area contributed by atoms with E-state index in [-0.39, 0.29) is 0 Å². The maximum atomic E-state index is 6.14. The molecule has 0 radical (unpaired) electrons. The third-order valence-corrected chi connectivity index (χ3v) is 4.05. The van der Waals surface area contributed by atoms with Crippen LogP contribution in [0, 0.1) is 0 Å². The summed E-state index contributed by atoms with van der Waals surface area (Å²) in [7, 11) is 3.47. The van der Waals surface area contributed by atoms with Gasteiger partial charge in [-0.05, 0) is 49.8 Å². The number of aliphatic imine (C=N–C) groups is 1. The number of nitrogens with zero attached hydrogens (tertiary/aromatic N) is 1. The lowest BCUT2D eigenvalue weighted by atomic mass is 10.2. The summed E-state index contributed by atoms with van der Waals surface area (Å²) < 4.78 is 11.6. The highest BCUT2D eigenvalue weighted by atomic mass is 16.5. The van der Waals surface area contributed by atoms with Crippen LogP contribution in [0.3, 0.4) is 0 Å². The van der Waals surface area contributed by atoms with Crippen LogP contribution in [0.1, 0.15) is 44.6 Å². The van der Waals surface area contributed by atoms with Crippen molar-refractivity contribution < 1.29 is 9.47 Å². The molecular formula is C18H29N3O2. The predicted octanol–water partition coefficient (Wildman–Crippen LogP) is 3.09. The van der Waals surface area contributed by atoms with E-state index in [1.165, 1.54) is 12.8 Å². The molecule has 2 rings (SSSR count). The molecule has 1 fully saturated rings. The fraction of sp³-hybridized carbons (Fsp3) is 0.611. The zero-order valence-electron chi connectivity index (χ0n) is 14.5. The third-order valence-electron chi connectivity index (χ3n) is 4.05. The Bertz CT molecular complexity index is 511. The Kier molecular flexibility index (Phi) is 7.04. The average Bonchev–Trinajstić information content (AvgIpc) is 3.08. The van der Waals surface area contributed by atoms with Crippen LogP contribution in [0.5, 0.6) is 11.5 Å². The van der Waals surface area contributed by atoms with Gasteiger partial charge < -0.3 is 20.1 Å². The van der Waals surface area contributed by atoms with Crippen molar-refractivity contribution in [3.63, 3.8) is 0 Å². The Labute approximate surface area is 139 Å². The molecule has 0 unspecified atom stereocenters. The number of methoxy groups -OCH3 is 1. The van der Waals surface area contributed by atoms with Gasteiger partial charge in [0.2, 0.25) is 0 Å². The van der Waals surface area contributed by atoms with Gasteiger partial charge >= 0.3 is 0 Å². The molecule has 1 aliphatic carbocycles. The van der Waals surface area contributed by atoms with Gasteiger partial charge in [0, 0.05) is 20.1 Å². The zero-order chi connectivity index (χ0) is 16.5. The molecule has 1 aromatic rings. The quantitative estimate of drug-likeness (QED) is 0.599. The van der Waals surface area contributed by atoms with Crippen LogP contribution in [0.15, 0.2) is 23.2 Å². The number of hydrogen-bond donors (Lipinski definition) is 2. The lowest BCUT2D eigenvalue weighted by Gasteiger charge is -2.17. The van der Waals surface area contributed by atoms with Crippen molar-refractivity contribution in [3.05, 3.63) is 23.8 Å². The molecule has 0 spiro atoms. The second-order valence-corrected chi connectivity index (χ2v) is 5.86. The van der Waals surface area contributed by atoms with Crippen molar-refractivity contribution >= 4 is 5.96 Å². The summed E-state index contributed by atoms with van der Waals surface area (Å²) in [5, 5.41) is 6.59. The van der Waals surface area contributed by atoms with E-state index in [0.29, 0.717) is 12.6 Å². The van der Waals surface area contributed by atoms with Crippen LogP contribution in [-0.4, -0.2) is 32.8 Å². The topological polar surface area (TPSA) is 54.9 Å². The number of ether oxygens (including phenoxy) is 2. The molecule has 1 aromatic carbocycles. The number of guanidine groups is 1. The van der Waals surface area contributed by atoms with E-state index in [2.05, 4.69) is 34.7 Å². The zero-order valence-corrected chi connectivity index (χ0v) is 14.5. The number of hydrogen-bond acceptors (Lipinski definition) is 3. The Morgan fingerprint density at radius 2 is 2.00 bits per heavy atom. The molecule has 0 aromatic heterocycles. The van der Waals surface area contributed by atoms with Crippen LogP contribution < -0.4 is 20.1 Å². The molecule has 0 aliphatic heterocycles. The summed E-state index contributed by atoms with van der Waals surface area (Å²) in [5.74, 6) is 2.46. The number of nitrogens with one attached hydrogen (secondary N) is 2. The summed E-state index contributed by atoms with van der Waals surface area (Å²) in [6.45, 7) is 3.75. The van der Waals surface area contributed by atoms with E-state index >= 15 is 0 Å². The largest absolute Gasteiger partial charge is 0.493 e. The van der Waals surface area contributed by atoms with Crippen LogP contribution >= 0.6 is 0 Å². The first kappa shape index (κ1) is 17.4. The van der Waals surface area contributed by atoms with Gasteiger partial charge in [0.25, 0.3) is 0 Å². The molecule has 0 amide bonds. The summed E-state index contributed by atoms with van der Waals surface area (Å²) in [6.07, 6.45) is 6.19. The van der Waals surface area contributed by atoms with E-state index in [1.54, 1.807) is 14.2 Å². The van der Waals surface area contributed by atoms with Crippen LogP contribution in [0.4, 0.5) is 0 Å². The lowest BCUT2D eigenvalue weighted by molar-refractivity contribution is 0.200. The molecule has 23 heavy (non-hydrogen) atoms. The van der Waals surface area contributed by atoms with Gasteiger partial charge in [0.15, 0.2) is 17.5 Å². The normalized spacial score (nSPS) is 15.5. The van der Waals surface area contributed by atoms with Gasteiger partial charge in [0.05, 0.1) is 13.2 Å². The Balaban J connectivity index is 1.98. The highest BCUT2D eigenvalue weighted by Crippen LogP contribution is 2.32. The molecule has 5 heteroatoms. The molecule has 1 saturated carbocycles. The predicted molar refractivity (Wildman–Crippen MR) is 94.4 cm³/mol. The van der Waals surface area contributed by atoms with Crippen molar-refractivity contribution in [2.75, 3.05) is 20.7 Å². The van der Waals surface area contributed by atoms with Gasteiger partial charge in [-0.25, -0.2) is 0 Å². The van der Waals surface area contributed by atoms with E-state index < -0.39 is 0 Å². The fourth-order valence-corrected chi connectivity index (χ4v) is 2.76. The van der Waals surface area contributed by atoms with E-state index in [4.69, 9.17) is 9.47 Å². The third kappa shape index (κ3) is 5.34. The summed E-state index contributed by atoms with van der Waals surface area (Å²) >= 11 is 0. The molecule has 2 N–H and O–H groups in total. The van der Waals surface area contributed by atoms with Gasteiger partial charge in [-0.1, -0.05) is 13.0 Å². The highest BCUT2D eigenvalue weighted by Gasteiger charge is 2.18. The van der Waals surface area contributed by atoms with Gasteiger partial charge in [-0.15, -0.1) is 0 Å². The van der Waals surface area contributed by atoms with E-state index in [9.17, 15) is 0 Å². The summed E-state index contributed by atoms with van der Waals surface area (Å²) in [4.78, 5) is 4.22. The van der Waals surface area contributed by atoms with E-state index in [1.807, 2.05) is 6.07 Å². The molecular weight excluding hydrogens is 290 g/mol. The van der Waals surface area contributed by atoms with Crippen LogP contribution in [0.2, 0.25) is 0 Å². The van der Waals surface area contributed by atoms with Crippen LogP contribution in [0.25, 0.3) is 0 Å². The van der Waals surface area contributed by atoms with Crippen molar-refractivity contribution in [2.45, 2.75) is 51.7 Å². The Morgan fingerprint density at radius 1 is 1.22 bits per heavy atom. The molecule has 1 aliphatic rings. The number of rotatable bonds is 7. The lowest BCUT2D eigenvalue weighted by Crippen LogP contribution is -2.37. The molecule has 0 atom stereocenters. The molecule has 128 valence electrons. The molecule has 0 saturated heterocycles. The number of benzene rings is 1. The van der Waals surface area contributed by atoms with Crippen molar-refractivity contribution in [2.24, 2.45) is 4.99 Å². The minimum absolute atomic E-state index is 0.325. The summed E-state index contributed by atoms with van der Waals surface area (Å²) in [5.41, 5.74) is 1.15. The minimum atomic E-state index is 0.325. The minimum Gasteiger partial charge on any atom is -0.493 e. The molecule has 0 bridgehead atoms. The SMILES string of the molecule is CCCNC(=NC)NCc1ccc(OC)c(OC2CCCC2)c1. The Morgan fingerprint density at radius 3 is 2.65 bits per heavy atom. The molecule has 5 nitrogen and oxygen atoms in total. The van der Waals surface area contributed by atoms with Gasteiger partial charge in [-0.2, -0.15) is 0 Å². The smallest absolute Gasteiger partial charge is 0.191 e. The van der Waals surface area contributed by atoms with E-state index in [0.717, 1.165) is 48.8 Å². The molecule has 0 heterocycles. The van der Waals surface area contributed by atoms with Gasteiger partial charge in [0.1, 0.15) is 0 Å². The van der Waals surface area contributed by atoms with Crippen molar-refractivity contribution in [1.29, 1.82) is 0 Å². The van der Waals surface area contributed by atoms with Crippen molar-refractivity contribution in [3.8, 4) is 11.5 Å². The summed E-state index contributed by atoms with van der Waals surface area (Å²) in [6, 6.07) is 6.10. The second-order valence-electron chi connectivity index (χ2n) is 5.86. The maximum Gasteiger partial charge on any atom is 0.191 e. The fourth-order valence-electron chi connectivity index (χ4n) is 2.76. The Hall–Kier alpha value is -1.91. The first-order valence-electron chi connectivity index (χ1n) is 8.55. The monoisotopic (exact) mass is 319 g/mol. The van der Waals surface area contributed by atoms with Crippen LogP contribution in [-0.2, 0) is 6.54 Å². The average molecular weight is 319 g/mol.